The second-order valence-corrected chi connectivity index (χ2v) is 5.05. The highest BCUT2D eigenvalue weighted by atomic mass is 16.6. The lowest BCUT2D eigenvalue weighted by molar-refractivity contribution is -0.386. The first kappa shape index (κ1) is 15.0. The predicted octanol–water partition coefficient (Wildman–Crippen LogP) is 0.454. The number of imide groups is 1. The van der Waals surface area contributed by atoms with Crippen molar-refractivity contribution in [1.82, 2.24) is 15.2 Å². The standard InChI is InChI=1S/C13H16N4O4/c1-7-5-14-10(8(2)12(7)17(20)21)6-15-9-4-11(18)16(3)13(9)19/h5,9,15H,4,6H2,1-3H3. The Labute approximate surface area is 121 Å². The zero-order valence-corrected chi connectivity index (χ0v) is 12.0. The van der Waals surface area contributed by atoms with E-state index in [4.69, 9.17) is 0 Å². The summed E-state index contributed by atoms with van der Waals surface area (Å²) < 4.78 is 0. The average Bonchev–Trinajstić information content (AvgIpc) is 2.65. The Balaban J connectivity index is 2.15. The Morgan fingerprint density at radius 1 is 1.48 bits per heavy atom. The molecule has 0 spiro atoms. The molecule has 1 aliphatic heterocycles. The molecule has 1 atom stereocenters. The van der Waals surface area contributed by atoms with E-state index in [1.54, 1.807) is 13.8 Å². The van der Waals surface area contributed by atoms with Crippen LogP contribution in [-0.4, -0.2) is 39.7 Å². The molecule has 1 unspecified atom stereocenters. The minimum absolute atomic E-state index is 0.0349. The number of nitrogens with one attached hydrogen (secondary N) is 1. The Morgan fingerprint density at radius 3 is 2.67 bits per heavy atom. The third kappa shape index (κ3) is 2.75. The lowest BCUT2D eigenvalue weighted by atomic mass is 10.1. The number of carbonyl (C=O) groups is 2. The molecular formula is C13H16N4O4. The highest BCUT2D eigenvalue weighted by molar-refractivity contribution is 6.05. The Bertz CT molecular complexity index is 629. The SMILES string of the molecule is Cc1cnc(CNC2CC(=O)N(C)C2=O)c(C)c1[N+](=O)[O-]. The molecule has 0 saturated carbocycles. The van der Waals surface area contributed by atoms with Crippen molar-refractivity contribution in [3.63, 3.8) is 0 Å². The number of likely N-dealkylation sites (tertiary alicyclic amines) is 1. The van der Waals surface area contributed by atoms with Gasteiger partial charge in [0.15, 0.2) is 0 Å². The smallest absolute Gasteiger partial charge is 0.278 e. The molecule has 2 heterocycles. The summed E-state index contributed by atoms with van der Waals surface area (Å²) in [5, 5.41) is 14.0. The number of nitrogens with zero attached hydrogens (tertiary/aromatic N) is 3. The number of amides is 2. The molecule has 0 bridgehead atoms. The fourth-order valence-electron chi connectivity index (χ4n) is 2.36. The van der Waals surface area contributed by atoms with Gasteiger partial charge in [-0.05, 0) is 13.8 Å². The highest BCUT2D eigenvalue weighted by Gasteiger charge is 2.35. The number of aryl methyl sites for hydroxylation is 1. The lowest BCUT2D eigenvalue weighted by Gasteiger charge is -2.12. The Morgan fingerprint density at radius 2 is 2.14 bits per heavy atom. The summed E-state index contributed by atoms with van der Waals surface area (Å²) in [6, 6.07) is -0.593. The minimum atomic E-state index is -0.593. The summed E-state index contributed by atoms with van der Waals surface area (Å²) in [6.45, 7) is 3.46. The minimum Gasteiger partial charge on any atom is -0.300 e. The van der Waals surface area contributed by atoms with Crippen LogP contribution in [0.4, 0.5) is 5.69 Å². The van der Waals surface area contributed by atoms with E-state index in [1.807, 2.05) is 0 Å². The monoisotopic (exact) mass is 292 g/mol. The Hall–Kier alpha value is -2.35. The van der Waals surface area contributed by atoms with Crippen LogP contribution < -0.4 is 5.32 Å². The van der Waals surface area contributed by atoms with Crippen LogP contribution in [0.15, 0.2) is 6.20 Å². The van der Waals surface area contributed by atoms with E-state index in [1.165, 1.54) is 13.2 Å². The first-order valence-corrected chi connectivity index (χ1v) is 6.46. The van der Waals surface area contributed by atoms with Gasteiger partial charge < -0.3 is 0 Å². The van der Waals surface area contributed by atoms with Crippen molar-refractivity contribution in [3.8, 4) is 0 Å². The average molecular weight is 292 g/mol. The van der Waals surface area contributed by atoms with Crippen LogP contribution >= 0.6 is 0 Å². The third-order valence-electron chi connectivity index (χ3n) is 3.66. The zero-order valence-electron chi connectivity index (χ0n) is 12.0. The van der Waals surface area contributed by atoms with E-state index >= 15 is 0 Å². The van der Waals surface area contributed by atoms with Gasteiger partial charge in [0.2, 0.25) is 11.8 Å². The molecule has 1 aliphatic rings. The predicted molar refractivity (Wildman–Crippen MR) is 73.4 cm³/mol. The molecule has 8 nitrogen and oxygen atoms in total. The van der Waals surface area contributed by atoms with Gasteiger partial charge in [0.25, 0.3) is 5.69 Å². The van der Waals surface area contributed by atoms with Crippen molar-refractivity contribution in [2.45, 2.75) is 32.9 Å². The fourth-order valence-corrected chi connectivity index (χ4v) is 2.36. The van der Waals surface area contributed by atoms with Gasteiger partial charge in [-0.25, -0.2) is 0 Å². The largest absolute Gasteiger partial charge is 0.300 e. The second-order valence-electron chi connectivity index (χ2n) is 5.05. The van der Waals surface area contributed by atoms with Gasteiger partial charge >= 0.3 is 0 Å². The number of rotatable bonds is 4. The summed E-state index contributed by atoms with van der Waals surface area (Å²) >= 11 is 0. The normalized spacial score (nSPS) is 18.4. The molecule has 2 rings (SSSR count). The van der Waals surface area contributed by atoms with Crippen LogP contribution in [0.25, 0.3) is 0 Å². The van der Waals surface area contributed by atoms with E-state index in [2.05, 4.69) is 10.3 Å². The molecule has 21 heavy (non-hydrogen) atoms. The molecule has 1 N–H and O–H groups in total. The third-order valence-corrected chi connectivity index (χ3v) is 3.66. The molecule has 1 fully saturated rings. The summed E-state index contributed by atoms with van der Waals surface area (Å²) in [5.41, 5.74) is 1.50. The van der Waals surface area contributed by atoms with E-state index in [0.717, 1.165) is 4.90 Å². The molecule has 2 amide bonds. The van der Waals surface area contributed by atoms with Gasteiger partial charge in [-0.1, -0.05) is 0 Å². The van der Waals surface area contributed by atoms with Gasteiger partial charge in [0.1, 0.15) is 0 Å². The van der Waals surface area contributed by atoms with Crippen molar-refractivity contribution in [2.75, 3.05) is 7.05 Å². The number of hydrogen-bond acceptors (Lipinski definition) is 6. The maximum atomic E-state index is 11.8. The highest BCUT2D eigenvalue weighted by Crippen LogP contribution is 2.24. The molecule has 1 saturated heterocycles. The molecule has 1 aromatic rings. The number of likely N-dealkylation sites (N-methyl/N-ethyl adjacent to an activating group) is 1. The van der Waals surface area contributed by atoms with Gasteiger partial charge in [-0.2, -0.15) is 0 Å². The fraction of sp³-hybridized carbons (Fsp3) is 0.462. The Kier molecular flexibility index (Phi) is 3.99. The van der Waals surface area contributed by atoms with Crippen LogP contribution in [0.1, 0.15) is 23.2 Å². The van der Waals surface area contributed by atoms with Crippen LogP contribution in [0.5, 0.6) is 0 Å². The first-order chi connectivity index (χ1) is 9.82. The van der Waals surface area contributed by atoms with E-state index < -0.39 is 11.0 Å². The summed E-state index contributed by atoms with van der Waals surface area (Å²) in [5.74, 6) is -0.531. The molecule has 1 aromatic heterocycles. The molecule has 112 valence electrons. The lowest BCUT2D eigenvalue weighted by Crippen LogP contribution is -2.37. The zero-order chi connectivity index (χ0) is 15.7. The van der Waals surface area contributed by atoms with Crippen LogP contribution in [0.2, 0.25) is 0 Å². The van der Waals surface area contributed by atoms with Crippen LogP contribution in [0, 0.1) is 24.0 Å². The van der Waals surface area contributed by atoms with Crippen LogP contribution in [-0.2, 0) is 16.1 Å². The number of carbonyl (C=O) groups excluding carboxylic acids is 2. The van der Waals surface area contributed by atoms with Crippen molar-refractivity contribution in [3.05, 3.63) is 33.1 Å². The number of hydrogen-bond donors (Lipinski definition) is 1. The van der Waals surface area contributed by atoms with Gasteiger partial charge in [0, 0.05) is 30.9 Å². The van der Waals surface area contributed by atoms with E-state index in [9.17, 15) is 19.7 Å². The van der Waals surface area contributed by atoms with Gasteiger partial charge in [-0.3, -0.25) is 34.9 Å². The van der Waals surface area contributed by atoms with Crippen LogP contribution in [0.3, 0.4) is 0 Å². The number of pyridine rings is 1. The van der Waals surface area contributed by atoms with Crippen molar-refractivity contribution in [1.29, 1.82) is 0 Å². The molecular weight excluding hydrogens is 276 g/mol. The van der Waals surface area contributed by atoms with E-state index in [0.29, 0.717) is 16.8 Å². The van der Waals surface area contributed by atoms with Gasteiger partial charge in [0.05, 0.1) is 23.1 Å². The first-order valence-electron chi connectivity index (χ1n) is 6.46. The molecule has 0 aromatic carbocycles. The number of nitro groups is 1. The summed E-state index contributed by atoms with van der Waals surface area (Å²) in [6.07, 6.45) is 1.54. The summed E-state index contributed by atoms with van der Waals surface area (Å²) in [4.78, 5) is 39.0. The maximum absolute atomic E-state index is 11.8. The molecule has 8 heteroatoms. The number of aromatic nitrogens is 1. The quantitative estimate of drug-likeness (QED) is 0.491. The van der Waals surface area contributed by atoms with Crippen molar-refractivity contribution >= 4 is 17.5 Å². The maximum Gasteiger partial charge on any atom is 0.278 e. The summed E-state index contributed by atoms with van der Waals surface area (Å²) in [7, 11) is 1.44. The second kappa shape index (κ2) is 5.57. The molecule has 0 aliphatic carbocycles. The van der Waals surface area contributed by atoms with E-state index in [-0.39, 0.29) is 30.5 Å². The van der Waals surface area contributed by atoms with Gasteiger partial charge in [-0.15, -0.1) is 0 Å². The molecule has 0 radical (unpaired) electrons. The van der Waals surface area contributed by atoms with Crippen molar-refractivity contribution < 1.29 is 14.5 Å². The topological polar surface area (TPSA) is 105 Å². The van der Waals surface area contributed by atoms with Crippen molar-refractivity contribution in [2.24, 2.45) is 0 Å².